The number of amides is 1. The van der Waals surface area contributed by atoms with Crippen LogP contribution in [0.4, 0.5) is 13.2 Å². The lowest BCUT2D eigenvalue weighted by atomic mass is 9.93. The quantitative estimate of drug-likeness (QED) is 0.665. The third-order valence-corrected chi connectivity index (χ3v) is 3.09. The van der Waals surface area contributed by atoms with Gasteiger partial charge in [-0.25, -0.2) is 0 Å². The van der Waals surface area contributed by atoms with Crippen molar-refractivity contribution in [1.82, 2.24) is 10.6 Å². The Morgan fingerprint density at radius 3 is 2.32 bits per heavy atom. The molecule has 0 fully saturated rings. The summed E-state index contributed by atoms with van der Waals surface area (Å²) < 4.78 is 39.4. The van der Waals surface area contributed by atoms with Crippen molar-refractivity contribution >= 4 is 18.3 Å². The lowest BCUT2D eigenvalue weighted by Crippen LogP contribution is -2.51. The maximum atomic E-state index is 13.1. The number of alkyl halides is 3. The molecule has 0 heterocycles. The summed E-state index contributed by atoms with van der Waals surface area (Å²) >= 11 is 0. The Morgan fingerprint density at radius 1 is 1.23 bits per heavy atom. The molecule has 1 aromatic rings. The number of hydrogen-bond acceptors (Lipinski definition) is 3. The molecule has 4 nitrogen and oxygen atoms in total. The van der Waals surface area contributed by atoms with Gasteiger partial charge in [0.25, 0.3) is 0 Å². The lowest BCUT2D eigenvalue weighted by molar-refractivity contribution is -0.264. The van der Waals surface area contributed by atoms with Crippen molar-refractivity contribution in [3.63, 3.8) is 0 Å². The Morgan fingerprint density at radius 2 is 1.82 bits per heavy atom. The summed E-state index contributed by atoms with van der Waals surface area (Å²) in [5.74, 6) is -0.524. The zero-order valence-corrected chi connectivity index (χ0v) is 12.9. The molecule has 0 aliphatic rings. The van der Waals surface area contributed by atoms with E-state index in [1.54, 1.807) is 13.1 Å². The lowest BCUT2D eigenvalue weighted by Gasteiger charge is -2.31. The van der Waals surface area contributed by atoms with E-state index in [0.29, 0.717) is 13.0 Å². The highest BCUT2D eigenvalue weighted by atomic mass is 35.5. The first kappa shape index (κ1) is 20.7. The van der Waals surface area contributed by atoms with Gasteiger partial charge in [0, 0.05) is 6.42 Å². The van der Waals surface area contributed by atoms with Crippen LogP contribution in [0.5, 0.6) is 0 Å². The molecule has 0 aliphatic carbocycles. The summed E-state index contributed by atoms with van der Waals surface area (Å²) in [6.45, 7) is -0.311. The van der Waals surface area contributed by atoms with Gasteiger partial charge in [-0.15, -0.1) is 12.4 Å². The van der Waals surface area contributed by atoms with Crippen LogP contribution in [0.15, 0.2) is 30.3 Å². The summed E-state index contributed by atoms with van der Waals surface area (Å²) in [4.78, 5) is 11.5. The van der Waals surface area contributed by atoms with E-state index in [1.807, 2.05) is 0 Å². The molecule has 0 aromatic heterocycles. The van der Waals surface area contributed by atoms with Gasteiger partial charge in [0.15, 0.2) is 0 Å². The fourth-order valence-corrected chi connectivity index (χ4v) is 1.82. The summed E-state index contributed by atoms with van der Waals surface area (Å²) in [5, 5.41) is 15.0. The number of hydrogen-bond donors (Lipinski definition) is 3. The summed E-state index contributed by atoms with van der Waals surface area (Å²) in [6.07, 6.45) is -4.27. The molecule has 0 radical (unpaired) electrons. The van der Waals surface area contributed by atoms with E-state index in [2.05, 4.69) is 10.6 Å². The molecular weight excluding hydrogens is 321 g/mol. The fraction of sp³-hybridized carbons (Fsp3) is 0.500. The van der Waals surface area contributed by atoms with Gasteiger partial charge < -0.3 is 15.7 Å². The largest absolute Gasteiger partial charge is 0.423 e. The van der Waals surface area contributed by atoms with Crippen LogP contribution in [0.1, 0.15) is 18.4 Å². The molecule has 0 saturated carbocycles. The van der Waals surface area contributed by atoms with Gasteiger partial charge in [0.2, 0.25) is 11.5 Å². The van der Waals surface area contributed by atoms with Crippen LogP contribution >= 0.6 is 12.4 Å². The minimum absolute atomic E-state index is 0. The number of nitrogens with one attached hydrogen (secondary N) is 2. The number of halogens is 4. The van der Waals surface area contributed by atoms with E-state index < -0.39 is 24.2 Å². The molecule has 22 heavy (non-hydrogen) atoms. The molecule has 126 valence electrons. The van der Waals surface area contributed by atoms with Gasteiger partial charge in [-0.2, -0.15) is 13.2 Å². The van der Waals surface area contributed by atoms with Crippen LogP contribution in [0, 0.1) is 0 Å². The van der Waals surface area contributed by atoms with Crippen LogP contribution in [-0.2, 0) is 10.4 Å². The van der Waals surface area contributed by atoms with Crippen LogP contribution in [0.25, 0.3) is 0 Å². The third-order valence-electron chi connectivity index (χ3n) is 3.09. The van der Waals surface area contributed by atoms with Crippen molar-refractivity contribution in [2.24, 2.45) is 0 Å². The minimum Gasteiger partial charge on any atom is -0.375 e. The molecule has 0 saturated heterocycles. The van der Waals surface area contributed by atoms with Crippen LogP contribution in [0.3, 0.4) is 0 Å². The first-order valence-electron chi connectivity index (χ1n) is 6.57. The van der Waals surface area contributed by atoms with E-state index in [1.165, 1.54) is 24.3 Å². The highest BCUT2D eigenvalue weighted by Crippen LogP contribution is 2.38. The molecule has 1 aromatic carbocycles. The second kappa shape index (κ2) is 8.97. The fourth-order valence-electron chi connectivity index (χ4n) is 1.82. The summed E-state index contributed by atoms with van der Waals surface area (Å²) in [7, 11) is 1.72. The zero-order valence-electron chi connectivity index (χ0n) is 12.1. The van der Waals surface area contributed by atoms with E-state index in [9.17, 15) is 23.1 Å². The number of benzene rings is 1. The highest BCUT2D eigenvalue weighted by molar-refractivity contribution is 5.85. The van der Waals surface area contributed by atoms with Crippen molar-refractivity contribution in [3.8, 4) is 0 Å². The first-order chi connectivity index (χ1) is 9.81. The maximum absolute atomic E-state index is 13.1. The molecule has 3 N–H and O–H groups in total. The molecule has 1 amide bonds. The number of rotatable bonds is 7. The van der Waals surface area contributed by atoms with Crippen LogP contribution < -0.4 is 10.6 Å². The van der Waals surface area contributed by atoms with E-state index >= 15 is 0 Å². The van der Waals surface area contributed by atoms with Crippen LogP contribution in [0.2, 0.25) is 0 Å². The molecule has 0 aliphatic heterocycles. The highest BCUT2D eigenvalue weighted by Gasteiger charge is 2.55. The molecule has 0 bridgehead atoms. The Bertz CT molecular complexity index is 457. The van der Waals surface area contributed by atoms with Crippen LogP contribution in [-0.4, -0.2) is 37.3 Å². The summed E-state index contributed by atoms with van der Waals surface area (Å²) in [5.41, 5.74) is -3.39. The number of aliphatic hydroxyl groups is 1. The van der Waals surface area contributed by atoms with Crippen molar-refractivity contribution < 1.29 is 23.1 Å². The van der Waals surface area contributed by atoms with Crippen molar-refractivity contribution in [2.75, 3.05) is 20.1 Å². The van der Waals surface area contributed by atoms with Gasteiger partial charge in [-0.05, 0) is 25.6 Å². The monoisotopic (exact) mass is 340 g/mol. The topological polar surface area (TPSA) is 61.4 Å². The molecule has 8 heteroatoms. The zero-order chi connectivity index (χ0) is 15.9. The predicted molar refractivity (Wildman–Crippen MR) is 79.8 cm³/mol. The first-order valence-corrected chi connectivity index (χ1v) is 6.57. The van der Waals surface area contributed by atoms with Crippen molar-refractivity contribution in [2.45, 2.75) is 24.6 Å². The van der Waals surface area contributed by atoms with Gasteiger partial charge in [-0.1, -0.05) is 30.3 Å². The Hall–Kier alpha value is -1.31. The standard InChI is InChI=1S/C14H19F3N2O2.ClH/c1-18-9-5-8-12(20)19-10-13(21,14(15,16)17)11-6-3-2-4-7-11;/h2-4,6-7,18,21H,5,8-10H2,1H3,(H,19,20);1H. The number of carbonyl (C=O) groups is 1. The van der Waals surface area contributed by atoms with Gasteiger partial charge >= 0.3 is 6.18 Å². The van der Waals surface area contributed by atoms with Crippen molar-refractivity contribution in [3.05, 3.63) is 35.9 Å². The Balaban J connectivity index is 0.00000441. The number of carbonyl (C=O) groups excluding carboxylic acids is 1. The second-order valence-electron chi connectivity index (χ2n) is 4.71. The SMILES string of the molecule is CNCCCC(=O)NCC(O)(c1ccccc1)C(F)(F)F.Cl. The molecule has 1 atom stereocenters. The van der Waals surface area contributed by atoms with Gasteiger partial charge in [-0.3, -0.25) is 4.79 Å². The Kier molecular flexibility index (Phi) is 8.44. The Labute approximate surface area is 133 Å². The molecule has 1 unspecified atom stereocenters. The second-order valence-corrected chi connectivity index (χ2v) is 4.71. The van der Waals surface area contributed by atoms with Gasteiger partial charge in [0.1, 0.15) is 0 Å². The normalized spacial score (nSPS) is 13.9. The third kappa shape index (κ3) is 5.47. The van der Waals surface area contributed by atoms with Gasteiger partial charge in [0.05, 0.1) is 6.54 Å². The van der Waals surface area contributed by atoms with E-state index in [4.69, 9.17) is 0 Å². The average Bonchev–Trinajstić information content (AvgIpc) is 2.44. The van der Waals surface area contributed by atoms with Crippen molar-refractivity contribution in [1.29, 1.82) is 0 Å². The predicted octanol–water partition coefficient (Wildman–Crippen LogP) is 1.97. The molecule has 0 spiro atoms. The summed E-state index contributed by atoms with van der Waals surface area (Å²) in [6, 6.07) is 6.72. The smallest absolute Gasteiger partial charge is 0.375 e. The maximum Gasteiger partial charge on any atom is 0.423 e. The molecule has 1 rings (SSSR count). The minimum atomic E-state index is -4.88. The molecular formula is C14H20ClF3N2O2. The van der Waals surface area contributed by atoms with E-state index in [-0.39, 0.29) is 24.4 Å². The van der Waals surface area contributed by atoms with E-state index in [0.717, 1.165) is 0 Å². The average molecular weight is 341 g/mol.